The summed E-state index contributed by atoms with van der Waals surface area (Å²) in [6.45, 7) is 2.65. The molecule has 0 aromatic heterocycles. The van der Waals surface area contributed by atoms with Crippen LogP contribution in [-0.4, -0.2) is 51.1 Å². The molecule has 0 heterocycles. The largest absolute Gasteiger partial charge is 0.493 e. The molecule has 0 bridgehead atoms. The standard InChI is InChI=1S/C29H39ClN4O3/c1-31-20-33-29(35)32-14-15-37-27-13-8-22(16-28(27)36-2)19-34(18-21-6-4-3-5-7-21)26-12-9-23-17-24(30)10-11-25(23)26/h8,10-11,13,16-17,20-21,26H,3-7,9,12,14-15,18-19H2,1-2H3,(H2,31,32,33,35)/t26-/m0/s1. The zero-order valence-electron chi connectivity index (χ0n) is 22.0. The molecule has 4 rings (SSSR count). The summed E-state index contributed by atoms with van der Waals surface area (Å²) in [5, 5.41) is 6.20. The molecule has 8 heteroatoms. The highest BCUT2D eigenvalue weighted by Gasteiger charge is 2.30. The van der Waals surface area contributed by atoms with Crippen LogP contribution in [-0.2, 0) is 13.0 Å². The number of methoxy groups -OCH3 is 1. The number of nitrogens with zero attached hydrogens (tertiary/aromatic N) is 2. The van der Waals surface area contributed by atoms with E-state index in [-0.39, 0.29) is 0 Å². The molecule has 37 heavy (non-hydrogen) atoms. The maximum absolute atomic E-state index is 11.6. The van der Waals surface area contributed by atoms with E-state index >= 15 is 0 Å². The molecule has 2 aromatic carbocycles. The van der Waals surface area contributed by atoms with Crippen molar-refractivity contribution >= 4 is 24.0 Å². The topological polar surface area (TPSA) is 75.2 Å². The van der Waals surface area contributed by atoms with Crippen LogP contribution in [0.2, 0.25) is 5.02 Å². The normalized spacial score (nSPS) is 17.7. The van der Waals surface area contributed by atoms with Gasteiger partial charge in [0.1, 0.15) is 6.61 Å². The number of halogens is 1. The van der Waals surface area contributed by atoms with E-state index in [0.29, 0.717) is 30.7 Å². The molecule has 1 saturated carbocycles. The van der Waals surface area contributed by atoms with Crippen molar-refractivity contribution in [3.8, 4) is 11.5 Å². The van der Waals surface area contributed by atoms with Crippen LogP contribution in [0, 0.1) is 5.92 Å². The first kappa shape index (κ1) is 27.3. The number of fused-ring (bicyclic) bond motifs is 1. The second-order valence-corrected chi connectivity index (χ2v) is 10.4. The van der Waals surface area contributed by atoms with Crippen molar-refractivity contribution in [2.24, 2.45) is 10.9 Å². The lowest BCUT2D eigenvalue weighted by Crippen LogP contribution is -2.33. The van der Waals surface area contributed by atoms with E-state index in [4.69, 9.17) is 21.1 Å². The number of urea groups is 1. The molecule has 2 aromatic rings. The van der Waals surface area contributed by atoms with E-state index in [9.17, 15) is 4.79 Å². The molecule has 2 amide bonds. The number of aryl methyl sites for hydroxylation is 1. The molecule has 2 N–H and O–H groups in total. The fraction of sp³-hybridized carbons (Fsp3) is 0.517. The maximum atomic E-state index is 11.6. The molecule has 1 atom stereocenters. The molecular formula is C29H39ClN4O3. The molecule has 0 saturated heterocycles. The van der Waals surface area contributed by atoms with Gasteiger partial charge in [0.05, 0.1) is 20.0 Å². The Kier molecular flexibility index (Phi) is 10.1. The van der Waals surface area contributed by atoms with Gasteiger partial charge in [0.25, 0.3) is 0 Å². The molecule has 2 aliphatic carbocycles. The van der Waals surface area contributed by atoms with Gasteiger partial charge in [-0.05, 0) is 72.6 Å². The van der Waals surface area contributed by atoms with E-state index < -0.39 is 6.03 Å². The summed E-state index contributed by atoms with van der Waals surface area (Å²) < 4.78 is 11.6. The number of nitrogens with one attached hydrogen (secondary N) is 2. The molecule has 0 radical (unpaired) electrons. The Bertz CT molecular complexity index is 1070. The molecule has 200 valence electrons. The number of carbonyl (C=O) groups is 1. The highest BCUT2D eigenvalue weighted by Crippen LogP contribution is 2.40. The van der Waals surface area contributed by atoms with Crippen LogP contribution in [0.25, 0.3) is 0 Å². The quantitative estimate of drug-likeness (QED) is 0.221. The highest BCUT2D eigenvalue weighted by molar-refractivity contribution is 6.30. The summed E-state index contributed by atoms with van der Waals surface area (Å²) in [4.78, 5) is 17.9. The van der Waals surface area contributed by atoms with Crippen molar-refractivity contribution in [1.29, 1.82) is 0 Å². The van der Waals surface area contributed by atoms with Crippen LogP contribution in [0.4, 0.5) is 4.79 Å². The van der Waals surface area contributed by atoms with Crippen LogP contribution >= 0.6 is 11.6 Å². The SMILES string of the molecule is CN/C=N\C(=O)NCCOc1ccc(CN(CC2CCCCC2)[C@H]2CCc3cc(Cl)ccc32)cc1OC. The number of aliphatic imine (C=N–C) groups is 1. The van der Waals surface area contributed by atoms with E-state index in [2.05, 4.69) is 44.8 Å². The van der Waals surface area contributed by atoms with Gasteiger partial charge in [0, 0.05) is 31.2 Å². The van der Waals surface area contributed by atoms with Crippen LogP contribution in [0.15, 0.2) is 41.4 Å². The maximum Gasteiger partial charge on any atom is 0.342 e. The summed E-state index contributed by atoms with van der Waals surface area (Å²) >= 11 is 6.30. The number of rotatable bonds is 11. The Morgan fingerprint density at radius 3 is 2.76 bits per heavy atom. The van der Waals surface area contributed by atoms with Gasteiger partial charge >= 0.3 is 6.03 Å². The molecule has 0 spiro atoms. The first-order valence-electron chi connectivity index (χ1n) is 13.4. The lowest BCUT2D eigenvalue weighted by molar-refractivity contribution is 0.140. The summed E-state index contributed by atoms with van der Waals surface area (Å²) in [6, 6.07) is 12.6. The molecular weight excluding hydrogens is 488 g/mol. The summed E-state index contributed by atoms with van der Waals surface area (Å²) in [7, 11) is 3.35. The molecule has 1 fully saturated rings. The Hall–Kier alpha value is -2.77. The third-order valence-corrected chi connectivity index (χ3v) is 7.60. The lowest BCUT2D eigenvalue weighted by atomic mass is 9.88. The van der Waals surface area contributed by atoms with Gasteiger partial charge in [0.2, 0.25) is 0 Å². The monoisotopic (exact) mass is 526 g/mol. The van der Waals surface area contributed by atoms with Gasteiger partial charge in [-0.3, -0.25) is 4.90 Å². The zero-order valence-corrected chi connectivity index (χ0v) is 22.7. The van der Waals surface area contributed by atoms with Gasteiger partial charge in [-0.25, -0.2) is 4.79 Å². The highest BCUT2D eigenvalue weighted by atomic mass is 35.5. The number of hydrogen-bond donors (Lipinski definition) is 2. The van der Waals surface area contributed by atoms with E-state index in [1.54, 1.807) is 14.2 Å². The number of hydrogen-bond acceptors (Lipinski definition) is 4. The van der Waals surface area contributed by atoms with Gasteiger partial charge in [-0.15, -0.1) is 0 Å². The second kappa shape index (κ2) is 13.7. The van der Waals surface area contributed by atoms with Crippen molar-refractivity contribution in [1.82, 2.24) is 15.5 Å². The van der Waals surface area contributed by atoms with E-state index in [1.807, 2.05) is 12.1 Å². The third kappa shape index (κ3) is 7.62. The van der Waals surface area contributed by atoms with Crippen molar-refractivity contribution in [3.63, 3.8) is 0 Å². The van der Waals surface area contributed by atoms with Crippen molar-refractivity contribution in [2.45, 2.75) is 57.5 Å². The number of carbonyl (C=O) groups excluding carboxylic acids is 1. The first-order valence-corrected chi connectivity index (χ1v) is 13.7. The fourth-order valence-corrected chi connectivity index (χ4v) is 5.79. The lowest BCUT2D eigenvalue weighted by Gasteiger charge is -2.34. The smallest absolute Gasteiger partial charge is 0.342 e. The summed E-state index contributed by atoms with van der Waals surface area (Å²) in [5.74, 6) is 2.12. The molecule has 0 unspecified atom stereocenters. The average Bonchev–Trinajstić information content (AvgIpc) is 3.33. The van der Waals surface area contributed by atoms with Gasteiger partial charge in [-0.2, -0.15) is 4.99 Å². The predicted octanol–water partition coefficient (Wildman–Crippen LogP) is 5.75. The molecule has 0 aliphatic heterocycles. The molecule has 7 nitrogen and oxygen atoms in total. The third-order valence-electron chi connectivity index (χ3n) is 7.37. The summed E-state index contributed by atoms with van der Waals surface area (Å²) in [5.41, 5.74) is 4.02. The Morgan fingerprint density at radius 2 is 1.97 bits per heavy atom. The minimum atomic E-state index is -0.408. The second-order valence-electron chi connectivity index (χ2n) is 9.94. The van der Waals surface area contributed by atoms with Crippen molar-refractivity contribution in [3.05, 3.63) is 58.1 Å². The Balaban J connectivity index is 1.44. The van der Waals surface area contributed by atoms with E-state index in [1.165, 1.54) is 55.1 Å². The minimum absolute atomic E-state index is 0.325. The van der Waals surface area contributed by atoms with Crippen molar-refractivity contribution in [2.75, 3.05) is 33.9 Å². The number of benzene rings is 2. The number of ether oxygens (including phenoxy) is 2. The minimum Gasteiger partial charge on any atom is -0.493 e. The zero-order chi connectivity index (χ0) is 26.0. The van der Waals surface area contributed by atoms with Crippen LogP contribution in [0.1, 0.15) is 61.3 Å². The van der Waals surface area contributed by atoms with Gasteiger partial charge in [0.15, 0.2) is 11.5 Å². The number of amides is 2. The predicted molar refractivity (Wildman–Crippen MR) is 149 cm³/mol. The van der Waals surface area contributed by atoms with Crippen LogP contribution < -0.4 is 20.1 Å². The van der Waals surface area contributed by atoms with Crippen LogP contribution in [0.3, 0.4) is 0 Å². The Morgan fingerprint density at radius 1 is 1.14 bits per heavy atom. The average molecular weight is 527 g/mol. The fourth-order valence-electron chi connectivity index (χ4n) is 5.60. The van der Waals surface area contributed by atoms with Crippen LogP contribution in [0.5, 0.6) is 11.5 Å². The van der Waals surface area contributed by atoms with Crippen molar-refractivity contribution < 1.29 is 14.3 Å². The Labute approximate surface area is 225 Å². The summed E-state index contributed by atoms with van der Waals surface area (Å²) in [6.07, 6.45) is 10.3. The van der Waals surface area contributed by atoms with E-state index in [0.717, 1.165) is 36.9 Å². The molecule has 2 aliphatic rings. The first-order chi connectivity index (χ1) is 18.1. The van der Waals surface area contributed by atoms with Gasteiger partial charge < -0.3 is 20.1 Å². The van der Waals surface area contributed by atoms with Gasteiger partial charge in [-0.1, -0.05) is 43.0 Å².